The van der Waals surface area contributed by atoms with Crippen LogP contribution in [-0.4, -0.2) is 74.2 Å². The largest absolute Gasteiger partial charge is 0.451 e. The van der Waals surface area contributed by atoms with Gasteiger partial charge in [0.05, 0.1) is 19.8 Å². The molecule has 0 radical (unpaired) electrons. The molecule has 2 N–H and O–H groups in total. The fourth-order valence-electron chi connectivity index (χ4n) is 2.85. The first kappa shape index (κ1) is 20.4. The van der Waals surface area contributed by atoms with Gasteiger partial charge in [-0.3, -0.25) is 9.59 Å². The van der Waals surface area contributed by atoms with Crippen molar-refractivity contribution in [2.75, 3.05) is 56.7 Å². The molecule has 1 aromatic heterocycles. The highest BCUT2D eigenvalue weighted by Gasteiger charge is 2.17. The van der Waals surface area contributed by atoms with Crippen LogP contribution in [0, 0.1) is 0 Å². The number of rotatable bonds is 7. The fraction of sp³-hybridized carbons (Fsp3) is 0.350. The number of hydrogen-bond donors (Lipinski definition) is 2. The SMILES string of the molecule is CN(CC(=O)Nc1ccc(N2CCOCC2)cc1)C(=O)COC(=O)c1ccc[nH]1. The summed E-state index contributed by atoms with van der Waals surface area (Å²) < 4.78 is 10.3. The lowest BCUT2D eigenvalue weighted by Gasteiger charge is -2.28. The monoisotopic (exact) mass is 400 g/mol. The molecule has 2 amide bonds. The van der Waals surface area contributed by atoms with Gasteiger partial charge >= 0.3 is 5.97 Å². The Labute approximate surface area is 168 Å². The van der Waals surface area contributed by atoms with Gasteiger partial charge in [0.25, 0.3) is 5.91 Å². The van der Waals surface area contributed by atoms with E-state index < -0.39 is 18.5 Å². The van der Waals surface area contributed by atoms with Gasteiger partial charge in [-0.1, -0.05) is 0 Å². The average molecular weight is 400 g/mol. The summed E-state index contributed by atoms with van der Waals surface area (Å²) in [5, 5.41) is 2.76. The molecule has 0 saturated carbocycles. The maximum absolute atomic E-state index is 12.2. The van der Waals surface area contributed by atoms with Crippen molar-refractivity contribution in [1.82, 2.24) is 9.88 Å². The fourth-order valence-corrected chi connectivity index (χ4v) is 2.85. The zero-order valence-electron chi connectivity index (χ0n) is 16.2. The molecule has 1 aromatic carbocycles. The number of hydrogen-bond acceptors (Lipinski definition) is 6. The number of aromatic amines is 1. The number of carbonyl (C=O) groups excluding carboxylic acids is 3. The quantitative estimate of drug-likeness (QED) is 0.675. The third-order valence-corrected chi connectivity index (χ3v) is 4.48. The Kier molecular flexibility index (Phi) is 6.85. The minimum atomic E-state index is -0.624. The number of anilines is 2. The molecule has 0 atom stereocenters. The number of H-pyrrole nitrogens is 1. The van der Waals surface area contributed by atoms with Crippen LogP contribution in [0.3, 0.4) is 0 Å². The molecular formula is C20H24N4O5. The third kappa shape index (κ3) is 5.82. The van der Waals surface area contributed by atoms with Gasteiger partial charge in [0.15, 0.2) is 6.61 Å². The van der Waals surface area contributed by atoms with E-state index in [2.05, 4.69) is 15.2 Å². The summed E-state index contributed by atoms with van der Waals surface area (Å²) >= 11 is 0. The van der Waals surface area contributed by atoms with Crippen LogP contribution in [0.25, 0.3) is 0 Å². The Bertz CT molecular complexity index is 829. The Hall–Kier alpha value is -3.33. The molecule has 0 unspecified atom stereocenters. The predicted octanol–water partition coefficient (Wildman–Crippen LogP) is 1.11. The molecule has 9 nitrogen and oxygen atoms in total. The number of morpholine rings is 1. The van der Waals surface area contributed by atoms with Gasteiger partial charge < -0.3 is 29.6 Å². The van der Waals surface area contributed by atoms with E-state index in [-0.39, 0.29) is 18.1 Å². The molecule has 0 bridgehead atoms. The molecule has 0 aliphatic carbocycles. The Morgan fingerprint density at radius 2 is 1.90 bits per heavy atom. The van der Waals surface area contributed by atoms with E-state index in [0.717, 1.165) is 18.8 Å². The molecule has 1 aliphatic heterocycles. The van der Waals surface area contributed by atoms with Crippen molar-refractivity contribution in [1.29, 1.82) is 0 Å². The van der Waals surface area contributed by atoms with Crippen molar-refractivity contribution in [2.45, 2.75) is 0 Å². The number of esters is 1. The maximum Gasteiger partial charge on any atom is 0.355 e. The smallest absolute Gasteiger partial charge is 0.355 e. The lowest BCUT2D eigenvalue weighted by Crippen LogP contribution is -2.37. The van der Waals surface area contributed by atoms with Gasteiger partial charge in [-0.05, 0) is 36.4 Å². The minimum absolute atomic E-state index is 0.149. The second-order valence-electron chi connectivity index (χ2n) is 6.60. The summed E-state index contributed by atoms with van der Waals surface area (Å²) in [7, 11) is 1.48. The zero-order chi connectivity index (χ0) is 20.6. The van der Waals surface area contributed by atoms with Gasteiger partial charge in [0.1, 0.15) is 5.69 Å². The van der Waals surface area contributed by atoms with Crippen molar-refractivity contribution in [3.8, 4) is 0 Å². The number of amides is 2. The summed E-state index contributed by atoms with van der Waals surface area (Å²) in [6.45, 7) is 2.51. The molecule has 1 saturated heterocycles. The lowest BCUT2D eigenvalue weighted by molar-refractivity contribution is -0.136. The van der Waals surface area contributed by atoms with Crippen LogP contribution < -0.4 is 10.2 Å². The molecule has 154 valence electrons. The van der Waals surface area contributed by atoms with Crippen molar-refractivity contribution in [3.05, 3.63) is 48.3 Å². The van der Waals surface area contributed by atoms with Crippen LogP contribution in [0.2, 0.25) is 0 Å². The molecule has 1 aliphatic rings. The minimum Gasteiger partial charge on any atom is -0.451 e. The average Bonchev–Trinajstić information content (AvgIpc) is 3.28. The Morgan fingerprint density at radius 3 is 2.55 bits per heavy atom. The first-order chi connectivity index (χ1) is 14.0. The van der Waals surface area contributed by atoms with Crippen LogP contribution in [0.5, 0.6) is 0 Å². The normalized spacial score (nSPS) is 13.6. The van der Waals surface area contributed by atoms with Gasteiger partial charge in [-0.2, -0.15) is 0 Å². The Morgan fingerprint density at radius 1 is 1.17 bits per heavy atom. The predicted molar refractivity (Wildman–Crippen MR) is 107 cm³/mol. The van der Waals surface area contributed by atoms with Crippen LogP contribution in [0.1, 0.15) is 10.5 Å². The van der Waals surface area contributed by atoms with Crippen LogP contribution >= 0.6 is 0 Å². The topological polar surface area (TPSA) is 104 Å². The number of nitrogens with zero attached hydrogens (tertiary/aromatic N) is 2. The van der Waals surface area contributed by atoms with Crippen molar-refractivity contribution >= 4 is 29.2 Å². The first-order valence-corrected chi connectivity index (χ1v) is 9.30. The number of likely N-dealkylation sites (N-methyl/N-ethyl adjacent to an activating group) is 1. The third-order valence-electron chi connectivity index (χ3n) is 4.48. The molecule has 2 heterocycles. The molecule has 3 rings (SSSR count). The number of nitrogens with one attached hydrogen (secondary N) is 2. The Balaban J connectivity index is 1.43. The van der Waals surface area contributed by atoms with E-state index in [1.807, 2.05) is 24.3 Å². The summed E-state index contributed by atoms with van der Waals surface area (Å²) in [5.74, 6) is -1.43. The lowest BCUT2D eigenvalue weighted by atomic mass is 10.2. The molecule has 0 spiro atoms. The van der Waals surface area contributed by atoms with Crippen LogP contribution in [0.4, 0.5) is 11.4 Å². The summed E-state index contributed by atoms with van der Waals surface area (Å²) in [4.78, 5) is 42.1. The van der Waals surface area contributed by atoms with E-state index in [1.54, 1.807) is 18.3 Å². The summed E-state index contributed by atoms with van der Waals surface area (Å²) in [5.41, 5.74) is 1.98. The van der Waals surface area contributed by atoms with Gasteiger partial charge in [0.2, 0.25) is 5.91 Å². The highest BCUT2D eigenvalue weighted by atomic mass is 16.5. The highest BCUT2D eigenvalue weighted by molar-refractivity contribution is 5.95. The van der Waals surface area contributed by atoms with E-state index in [1.165, 1.54) is 11.9 Å². The number of carbonyl (C=O) groups is 3. The summed E-state index contributed by atoms with van der Waals surface area (Å²) in [6, 6.07) is 10.7. The molecule has 9 heteroatoms. The molecule has 1 fully saturated rings. The molecule has 2 aromatic rings. The van der Waals surface area contributed by atoms with Crippen LogP contribution in [-0.2, 0) is 19.1 Å². The van der Waals surface area contributed by atoms with Crippen molar-refractivity contribution in [3.63, 3.8) is 0 Å². The summed E-state index contributed by atoms with van der Waals surface area (Å²) in [6.07, 6.45) is 1.59. The standard InChI is InChI=1S/C20H24N4O5/c1-23(19(26)14-29-20(27)17-3-2-8-21-17)13-18(25)22-15-4-6-16(7-5-15)24-9-11-28-12-10-24/h2-8,21H,9-14H2,1H3,(H,22,25). The van der Waals surface area contributed by atoms with E-state index >= 15 is 0 Å². The zero-order valence-corrected chi connectivity index (χ0v) is 16.2. The highest BCUT2D eigenvalue weighted by Crippen LogP contribution is 2.19. The number of benzene rings is 1. The molecular weight excluding hydrogens is 376 g/mol. The van der Waals surface area contributed by atoms with E-state index in [4.69, 9.17) is 9.47 Å². The number of ether oxygens (including phenoxy) is 2. The first-order valence-electron chi connectivity index (χ1n) is 9.30. The second-order valence-corrected chi connectivity index (χ2v) is 6.60. The second kappa shape index (κ2) is 9.74. The van der Waals surface area contributed by atoms with Crippen LogP contribution in [0.15, 0.2) is 42.6 Å². The van der Waals surface area contributed by atoms with E-state index in [9.17, 15) is 14.4 Å². The van der Waals surface area contributed by atoms with Crippen molar-refractivity contribution < 1.29 is 23.9 Å². The molecule has 29 heavy (non-hydrogen) atoms. The van der Waals surface area contributed by atoms with Crippen molar-refractivity contribution in [2.24, 2.45) is 0 Å². The van der Waals surface area contributed by atoms with Gasteiger partial charge in [0, 0.05) is 37.7 Å². The van der Waals surface area contributed by atoms with Gasteiger partial charge in [-0.25, -0.2) is 4.79 Å². The maximum atomic E-state index is 12.2. The number of aromatic nitrogens is 1. The van der Waals surface area contributed by atoms with Gasteiger partial charge in [-0.15, -0.1) is 0 Å². The van der Waals surface area contributed by atoms with E-state index in [0.29, 0.717) is 18.9 Å².